The van der Waals surface area contributed by atoms with Gasteiger partial charge in [-0.05, 0) is 53.1 Å². The van der Waals surface area contributed by atoms with Crippen LogP contribution in [0.4, 0.5) is 5.69 Å². The highest BCUT2D eigenvalue weighted by Gasteiger charge is 2.30. The molecule has 0 spiro atoms. The molecule has 0 saturated carbocycles. The summed E-state index contributed by atoms with van der Waals surface area (Å²) in [6.45, 7) is 11.0. The van der Waals surface area contributed by atoms with Crippen LogP contribution < -0.4 is 15.7 Å². The lowest BCUT2D eigenvalue weighted by Gasteiger charge is -2.30. The van der Waals surface area contributed by atoms with Crippen LogP contribution in [0.3, 0.4) is 0 Å². The molecule has 2 aromatic rings. The molecule has 2 aromatic carbocycles. The van der Waals surface area contributed by atoms with Gasteiger partial charge in [0.15, 0.2) is 9.76 Å². The van der Waals surface area contributed by atoms with Crippen LogP contribution >= 0.6 is 0 Å². The predicted octanol–water partition coefficient (Wildman–Crippen LogP) is 3.00. The van der Waals surface area contributed by atoms with E-state index in [0.717, 1.165) is 10.8 Å². The fourth-order valence-electron chi connectivity index (χ4n) is 2.72. The Morgan fingerprint density at radius 3 is 2.31 bits per heavy atom. The Bertz CT molecular complexity index is 893. The molecule has 0 unspecified atom stereocenters. The highest BCUT2D eigenvalue weighted by molar-refractivity contribution is 6.87. The molecular weight excluding hydrogens is 404 g/mol. The first-order chi connectivity index (χ1) is 13.4. The SMILES string of the molecule is CC(C)(C)[SiH2]O[Si](C)(C)c1cc(C(N)=O)ccc1COc1ccc([N+](=O)[O-])cc1. The molecule has 0 radical (unpaired) electrons. The number of benzene rings is 2. The molecule has 29 heavy (non-hydrogen) atoms. The van der Waals surface area contributed by atoms with Gasteiger partial charge in [0.25, 0.3) is 5.69 Å². The molecule has 0 aliphatic heterocycles. The largest absolute Gasteiger partial charge is 0.489 e. The minimum absolute atomic E-state index is 0.0120. The number of nitro benzene ring substituents is 1. The van der Waals surface area contributed by atoms with E-state index in [1.807, 2.05) is 12.1 Å². The first kappa shape index (κ1) is 22.8. The number of primary amides is 1. The third-order valence-corrected chi connectivity index (χ3v) is 10.4. The van der Waals surface area contributed by atoms with Gasteiger partial charge < -0.3 is 14.6 Å². The van der Waals surface area contributed by atoms with Gasteiger partial charge in [0.05, 0.1) is 4.92 Å². The van der Waals surface area contributed by atoms with Crippen molar-refractivity contribution in [3.8, 4) is 5.75 Å². The second kappa shape index (κ2) is 8.89. The van der Waals surface area contributed by atoms with Crippen LogP contribution in [0.2, 0.25) is 18.1 Å². The van der Waals surface area contributed by atoms with Crippen LogP contribution in [-0.4, -0.2) is 28.9 Å². The van der Waals surface area contributed by atoms with Crippen LogP contribution in [-0.2, 0) is 10.7 Å². The van der Waals surface area contributed by atoms with Crippen molar-refractivity contribution in [2.45, 2.75) is 45.5 Å². The highest BCUT2D eigenvalue weighted by Crippen LogP contribution is 2.23. The first-order valence-electron chi connectivity index (χ1n) is 9.33. The molecule has 0 fully saturated rings. The number of carbonyl (C=O) groups is 1. The van der Waals surface area contributed by atoms with Crippen molar-refractivity contribution in [2.75, 3.05) is 0 Å². The molecule has 1 amide bonds. The van der Waals surface area contributed by atoms with E-state index in [2.05, 4.69) is 33.9 Å². The van der Waals surface area contributed by atoms with Crippen molar-refractivity contribution >= 4 is 34.9 Å². The monoisotopic (exact) mass is 432 g/mol. The van der Waals surface area contributed by atoms with Crippen molar-refractivity contribution in [3.05, 3.63) is 63.7 Å². The van der Waals surface area contributed by atoms with Crippen molar-refractivity contribution in [3.63, 3.8) is 0 Å². The van der Waals surface area contributed by atoms with E-state index >= 15 is 0 Å². The zero-order chi connectivity index (χ0) is 21.8. The summed E-state index contributed by atoms with van der Waals surface area (Å²) in [7, 11) is -3.07. The molecule has 0 atom stereocenters. The molecule has 0 aliphatic rings. The van der Waals surface area contributed by atoms with Gasteiger partial charge in [0, 0.05) is 17.7 Å². The van der Waals surface area contributed by atoms with E-state index in [1.54, 1.807) is 18.2 Å². The molecule has 2 rings (SSSR count). The standard InChI is InChI=1S/C20H28N2O5Si2/c1-20(2,3)28-27-29(4,5)18-12-14(19(21)23)6-7-15(18)13-26-17-10-8-16(9-11-17)22(24)25/h6-12H,13,28H2,1-5H3,(H2,21,23). The number of carbonyl (C=O) groups excluding carboxylic acids is 1. The maximum absolute atomic E-state index is 11.7. The summed E-state index contributed by atoms with van der Waals surface area (Å²) in [5.74, 6) is 0.0527. The number of rotatable bonds is 8. The number of hydrogen-bond acceptors (Lipinski definition) is 5. The van der Waals surface area contributed by atoms with Gasteiger partial charge in [-0.15, -0.1) is 0 Å². The summed E-state index contributed by atoms with van der Waals surface area (Å²) in [5, 5.41) is 11.9. The Morgan fingerprint density at radius 1 is 1.17 bits per heavy atom. The van der Waals surface area contributed by atoms with Crippen molar-refractivity contribution in [1.29, 1.82) is 0 Å². The van der Waals surface area contributed by atoms with Crippen molar-refractivity contribution < 1.29 is 18.6 Å². The number of nitrogens with zero attached hydrogens (tertiary/aromatic N) is 1. The van der Waals surface area contributed by atoms with Crippen LogP contribution in [0.25, 0.3) is 0 Å². The van der Waals surface area contributed by atoms with Gasteiger partial charge >= 0.3 is 0 Å². The lowest BCUT2D eigenvalue weighted by Crippen LogP contribution is -2.49. The maximum atomic E-state index is 11.7. The van der Waals surface area contributed by atoms with Gasteiger partial charge in [-0.3, -0.25) is 14.9 Å². The molecule has 2 N–H and O–H groups in total. The number of hydrogen-bond donors (Lipinski definition) is 1. The minimum Gasteiger partial charge on any atom is -0.489 e. The van der Waals surface area contributed by atoms with Crippen LogP contribution in [0.1, 0.15) is 36.7 Å². The van der Waals surface area contributed by atoms with E-state index < -0.39 is 28.9 Å². The Kier molecular flexibility index (Phi) is 6.99. The number of ether oxygens (including phenoxy) is 1. The van der Waals surface area contributed by atoms with Crippen molar-refractivity contribution in [1.82, 2.24) is 0 Å². The third kappa shape index (κ3) is 6.51. The summed E-state index contributed by atoms with van der Waals surface area (Å²) in [6, 6.07) is 11.3. The normalized spacial score (nSPS) is 12.3. The fourth-order valence-corrected chi connectivity index (χ4v) is 7.95. The second-order valence-corrected chi connectivity index (χ2v) is 15.8. The minimum atomic E-state index is -2.29. The fraction of sp³-hybridized carbons (Fsp3) is 0.350. The smallest absolute Gasteiger partial charge is 0.269 e. The Hall–Kier alpha value is -2.50. The predicted molar refractivity (Wildman–Crippen MR) is 119 cm³/mol. The van der Waals surface area contributed by atoms with Crippen LogP contribution in [0.5, 0.6) is 5.75 Å². The van der Waals surface area contributed by atoms with Crippen LogP contribution in [0.15, 0.2) is 42.5 Å². The van der Waals surface area contributed by atoms with Gasteiger partial charge in [-0.1, -0.05) is 26.8 Å². The van der Waals surface area contributed by atoms with E-state index in [-0.39, 0.29) is 17.3 Å². The van der Waals surface area contributed by atoms with Gasteiger partial charge in [-0.2, -0.15) is 0 Å². The van der Waals surface area contributed by atoms with Gasteiger partial charge in [0.2, 0.25) is 14.2 Å². The third-order valence-electron chi connectivity index (χ3n) is 4.35. The van der Waals surface area contributed by atoms with E-state index in [1.165, 1.54) is 12.1 Å². The molecule has 7 nitrogen and oxygen atoms in total. The summed E-state index contributed by atoms with van der Waals surface area (Å²) in [5.41, 5.74) is 6.86. The average Bonchev–Trinajstić information content (AvgIpc) is 2.64. The molecule has 0 heterocycles. The lowest BCUT2D eigenvalue weighted by molar-refractivity contribution is -0.384. The number of nitrogens with two attached hydrogens (primary N) is 1. The zero-order valence-corrected chi connectivity index (χ0v) is 19.9. The topological polar surface area (TPSA) is 105 Å². The van der Waals surface area contributed by atoms with E-state index in [0.29, 0.717) is 11.3 Å². The quantitative estimate of drug-likeness (QED) is 0.392. The summed E-state index contributed by atoms with van der Waals surface area (Å²) in [6.07, 6.45) is 0. The molecule has 9 heteroatoms. The summed E-state index contributed by atoms with van der Waals surface area (Å²) < 4.78 is 12.3. The lowest BCUT2D eigenvalue weighted by atomic mass is 10.1. The second-order valence-electron chi connectivity index (χ2n) is 8.64. The summed E-state index contributed by atoms with van der Waals surface area (Å²) in [4.78, 5) is 22.0. The molecule has 0 aromatic heterocycles. The first-order valence-corrected chi connectivity index (χ1v) is 13.5. The molecule has 0 bridgehead atoms. The Labute approximate surface area is 174 Å². The molecule has 156 valence electrons. The molecule has 0 aliphatic carbocycles. The van der Waals surface area contributed by atoms with E-state index in [9.17, 15) is 14.9 Å². The highest BCUT2D eigenvalue weighted by atomic mass is 28.4. The van der Waals surface area contributed by atoms with E-state index in [4.69, 9.17) is 14.6 Å². The molecule has 0 saturated heterocycles. The Balaban J connectivity index is 2.28. The summed E-state index contributed by atoms with van der Waals surface area (Å²) >= 11 is 0. The Morgan fingerprint density at radius 2 is 1.79 bits per heavy atom. The number of non-ortho nitro benzene ring substituents is 1. The number of nitro groups is 1. The van der Waals surface area contributed by atoms with Gasteiger partial charge in [-0.25, -0.2) is 0 Å². The molecular formula is C20H28N2O5Si2. The maximum Gasteiger partial charge on any atom is 0.269 e. The van der Waals surface area contributed by atoms with Crippen molar-refractivity contribution in [2.24, 2.45) is 5.73 Å². The average molecular weight is 433 g/mol. The van der Waals surface area contributed by atoms with Crippen LogP contribution in [0, 0.1) is 10.1 Å². The zero-order valence-electron chi connectivity index (χ0n) is 17.5. The number of amides is 1. The van der Waals surface area contributed by atoms with Gasteiger partial charge in [0.1, 0.15) is 12.4 Å².